The number of nitrogens with zero attached hydrogens (tertiary/aromatic N) is 3. The van der Waals surface area contributed by atoms with Crippen LogP contribution in [0.1, 0.15) is 23.5 Å². The first-order valence-electron chi connectivity index (χ1n) is 10.5. The Kier molecular flexibility index (Phi) is 8.02. The third-order valence-electron chi connectivity index (χ3n) is 5.40. The number of halogens is 2. The van der Waals surface area contributed by atoms with Crippen molar-refractivity contribution in [2.75, 3.05) is 31.2 Å². The lowest BCUT2D eigenvalue weighted by molar-refractivity contribution is -0.142. The van der Waals surface area contributed by atoms with E-state index < -0.39 is 29.8 Å². The van der Waals surface area contributed by atoms with E-state index >= 15 is 0 Å². The maximum atomic E-state index is 13.8. The molecule has 34 heavy (non-hydrogen) atoms. The average Bonchev–Trinajstić information content (AvgIpc) is 3.34. The molecule has 0 aliphatic carbocycles. The van der Waals surface area contributed by atoms with Gasteiger partial charge in [0, 0.05) is 46.3 Å². The lowest BCUT2D eigenvalue weighted by Gasteiger charge is -2.35. The van der Waals surface area contributed by atoms with Crippen molar-refractivity contribution in [2.24, 2.45) is 4.99 Å². The smallest absolute Gasteiger partial charge is 0.338 e. The minimum atomic E-state index is -0.909. The number of hydrogen-bond acceptors (Lipinski definition) is 9. The second kappa shape index (κ2) is 11.0. The summed E-state index contributed by atoms with van der Waals surface area (Å²) >= 11 is 6.37. The highest BCUT2D eigenvalue weighted by Crippen LogP contribution is 2.37. The molecule has 4 rings (SSSR count). The van der Waals surface area contributed by atoms with Crippen LogP contribution in [0.15, 0.2) is 50.5 Å². The predicted molar refractivity (Wildman–Crippen MR) is 133 cm³/mol. The molecule has 180 valence electrons. The molecule has 2 aliphatic rings. The number of carboxylic acid groups (broad SMARTS) is 1. The van der Waals surface area contributed by atoms with Gasteiger partial charge in [-0.05, 0) is 24.6 Å². The number of benzene rings is 1. The molecule has 2 atom stereocenters. The van der Waals surface area contributed by atoms with Gasteiger partial charge in [0.15, 0.2) is 10.8 Å². The average molecular weight is 569 g/mol. The zero-order valence-corrected chi connectivity index (χ0v) is 21.4. The largest absolute Gasteiger partial charge is 0.480 e. The molecular weight excluding hydrogens is 547 g/mol. The highest BCUT2D eigenvalue weighted by Gasteiger charge is 2.37. The van der Waals surface area contributed by atoms with Crippen molar-refractivity contribution in [3.05, 3.63) is 61.9 Å². The molecule has 0 saturated carbocycles. The number of ether oxygens (including phenoxy) is 1. The first-order valence-corrected chi connectivity index (χ1v) is 13.4. The van der Waals surface area contributed by atoms with Crippen molar-refractivity contribution in [2.45, 2.75) is 19.0 Å². The zero-order valence-electron chi connectivity index (χ0n) is 18.2. The Labute approximate surface area is 212 Å². The van der Waals surface area contributed by atoms with Crippen LogP contribution in [0.3, 0.4) is 0 Å². The van der Waals surface area contributed by atoms with Crippen LogP contribution in [0.25, 0.3) is 0 Å². The Balaban J connectivity index is 1.83. The van der Waals surface area contributed by atoms with Crippen molar-refractivity contribution in [1.29, 1.82) is 0 Å². The number of hydrogen-bond donors (Lipinski definition) is 2. The highest BCUT2D eigenvalue weighted by atomic mass is 79.9. The Morgan fingerprint density at radius 1 is 1.41 bits per heavy atom. The quantitative estimate of drug-likeness (QED) is 0.489. The molecule has 8 nitrogen and oxygen atoms in total. The number of amidine groups is 1. The maximum absolute atomic E-state index is 13.8. The van der Waals surface area contributed by atoms with Crippen LogP contribution in [0.2, 0.25) is 0 Å². The predicted octanol–water partition coefficient (Wildman–Crippen LogP) is 3.46. The minimum absolute atomic E-state index is 0.161. The van der Waals surface area contributed by atoms with Gasteiger partial charge in [-0.15, -0.1) is 11.3 Å². The number of nitrogens with one attached hydrogen (secondary N) is 1. The van der Waals surface area contributed by atoms with Gasteiger partial charge in [0.1, 0.15) is 17.9 Å². The molecule has 1 aromatic carbocycles. The van der Waals surface area contributed by atoms with Crippen molar-refractivity contribution in [3.63, 3.8) is 0 Å². The van der Waals surface area contributed by atoms with Crippen LogP contribution >= 0.6 is 39.0 Å². The summed E-state index contributed by atoms with van der Waals surface area (Å²) in [5.41, 5.74) is 1.34. The fraction of sp³-hybridized carbons (Fsp3) is 0.364. The normalized spacial score (nSPS) is 21.1. The number of aromatic nitrogens is 1. The van der Waals surface area contributed by atoms with E-state index in [4.69, 9.17) is 9.73 Å². The van der Waals surface area contributed by atoms with E-state index in [1.165, 1.54) is 23.5 Å². The lowest BCUT2D eigenvalue weighted by Crippen LogP contribution is -2.50. The Morgan fingerprint density at radius 2 is 2.24 bits per heavy atom. The molecule has 2 N–H and O–H groups in total. The molecule has 2 unspecified atom stereocenters. The summed E-state index contributed by atoms with van der Waals surface area (Å²) in [5.74, 6) is -0.202. The first kappa shape index (κ1) is 24.8. The van der Waals surface area contributed by atoms with Gasteiger partial charge < -0.3 is 15.2 Å². The molecule has 2 aromatic rings. The van der Waals surface area contributed by atoms with Crippen LogP contribution in [-0.2, 0) is 14.3 Å². The Bertz CT molecular complexity index is 1140. The van der Waals surface area contributed by atoms with Gasteiger partial charge in [0.25, 0.3) is 0 Å². The topological polar surface area (TPSA) is 104 Å². The zero-order chi connectivity index (χ0) is 24.2. The summed E-state index contributed by atoms with van der Waals surface area (Å²) < 4.78 is 19.7. The van der Waals surface area contributed by atoms with Crippen LogP contribution < -0.4 is 5.32 Å². The number of carbonyl (C=O) groups excluding carboxylic acids is 1. The number of thiazole rings is 1. The number of aliphatic imine (C=N–C) groups is 1. The summed E-state index contributed by atoms with van der Waals surface area (Å²) in [6, 6.07) is 2.72. The van der Waals surface area contributed by atoms with Gasteiger partial charge in [0.05, 0.1) is 12.2 Å². The second-order valence-corrected chi connectivity index (χ2v) is 10.4. The Hall–Kier alpha value is -2.28. The van der Waals surface area contributed by atoms with Crippen molar-refractivity contribution in [1.82, 2.24) is 15.2 Å². The minimum Gasteiger partial charge on any atom is -0.480 e. The van der Waals surface area contributed by atoms with Gasteiger partial charge >= 0.3 is 11.9 Å². The van der Waals surface area contributed by atoms with E-state index in [1.54, 1.807) is 30.9 Å². The van der Waals surface area contributed by atoms with Gasteiger partial charge in [-0.25, -0.2) is 14.2 Å². The third kappa shape index (κ3) is 5.35. The van der Waals surface area contributed by atoms with Crippen LogP contribution in [-0.4, -0.2) is 70.0 Å². The molecule has 1 fully saturated rings. The van der Waals surface area contributed by atoms with Gasteiger partial charge in [-0.3, -0.25) is 14.7 Å². The molecule has 1 aromatic heterocycles. The molecule has 12 heteroatoms. The molecule has 0 bridgehead atoms. The second-order valence-electron chi connectivity index (χ2n) is 7.52. The summed E-state index contributed by atoms with van der Waals surface area (Å²) in [6.07, 6.45) is 1.65. The SMILES string of the molecule is CCOC(=O)C1=C(CN2CCSCC2C(=O)O)NC(c2nccs2)=NC1c1ccc(F)cc1Br. The van der Waals surface area contributed by atoms with Crippen LogP contribution in [0, 0.1) is 5.82 Å². The van der Waals surface area contributed by atoms with Crippen LogP contribution in [0.5, 0.6) is 0 Å². The summed E-state index contributed by atoms with van der Waals surface area (Å²) in [6.45, 7) is 2.61. The van der Waals surface area contributed by atoms with Gasteiger partial charge in [-0.2, -0.15) is 11.8 Å². The number of carbonyl (C=O) groups is 2. The number of thioether (sulfide) groups is 1. The maximum Gasteiger partial charge on any atom is 0.338 e. The fourth-order valence-electron chi connectivity index (χ4n) is 3.82. The van der Waals surface area contributed by atoms with Crippen molar-refractivity contribution in [3.8, 4) is 0 Å². The molecule has 0 spiro atoms. The standard InChI is InChI=1S/C22H22BrFN4O4S2/c1-2-32-22(31)17-15(10-28-6-8-33-11-16(28)21(29)30)26-19(20-25-5-7-34-20)27-18(17)13-4-3-12(24)9-14(13)23/h3-5,7,9,16,18H,2,6,8,10-11H2,1H3,(H,26,27)(H,29,30). The summed E-state index contributed by atoms with van der Waals surface area (Å²) in [4.78, 5) is 36.0. The molecule has 0 radical (unpaired) electrons. The molecule has 1 saturated heterocycles. The monoisotopic (exact) mass is 568 g/mol. The first-order chi connectivity index (χ1) is 16.4. The van der Waals surface area contributed by atoms with E-state index in [9.17, 15) is 19.1 Å². The summed E-state index contributed by atoms with van der Waals surface area (Å²) in [5, 5.41) is 15.4. The van der Waals surface area contributed by atoms with Crippen molar-refractivity contribution >= 4 is 56.8 Å². The highest BCUT2D eigenvalue weighted by molar-refractivity contribution is 9.10. The van der Waals surface area contributed by atoms with E-state index in [1.807, 2.05) is 10.3 Å². The number of aliphatic carboxylic acids is 1. The van der Waals surface area contributed by atoms with Crippen molar-refractivity contribution < 1.29 is 23.8 Å². The Morgan fingerprint density at radius 3 is 2.91 bits per heavy atom. The van der Waals surface area contributed by atoms with Gasteiger partial charge in [-0.1, -0.05) is 22.0 Å². The summed E-state index contributed by atoms with van der Waals surface area (Å²) in [7, 11) is 0. The number of carboxylic acids is 1. The number of esters is 1. The van der Waals surface area contributed by atoms with Gasteiger partial charge in [0.2, 0.25) is 0 Å². The van der Waals surface area contributed by atoms with E-state index in [-0.39, 0.29) is 18.7 Å². The van der Waals surface area contributed by atoms with E-state index in [0.717, 1.165) is 5.75 Å². The van der Waals surface area contributed by atoms with Crippen LogP contribution in [0.4, 0.5) is 4.39 Å². The van der Waals surface area contributed by atoms with E-state index in [0.29, 0.717) is 38.9 Å². The number of rotatable bonds is 7. The fourth-order valence-corrected chi connectivity index (χ4v) is 6.09. The molecular formula is C22H22BrFN4O4S2. The molecule has 2 aliphatic heterocycles. The molecule has 3 heterocycles. The van der Waals surface area contributed by atoms with E-state index in [2.05, 4.69) is 26.2 Å². The molecule has 0 amide bonds. The third-order valence-corrected chi connectivity index (χ3v) is 7.89. The lowest BCUT2D eigenvalue weighted by atomic mass is 9.95.